The summed E-state index contributed by atoms with van der Waals surface area (Å²) in [6.45, 7) is 5.02. The lowest BCUT2D eigenvalue weighted by atomic mass is 10.2. The summed E-state index contributed by atoms with van der Waals surface area (Å²) >= 11 is 12.0. The van der Waals surface area contributed by atoms with Crippen LogP contribution in [0.5, 0.6) is 0 Å². The van der Waals surface area contributed by atoms with E-state index in [1.807, 2.05) is 4.90 Å². The Kier molecular flexibility index (Phi) is 4.69. The van der Waals surface area contributed by atoms with Crippen molar-refractivity contribution in [2.24, 2.45) is 0 Å². The number of hydrogen-bond acceptors (Lipinski definition) is 3. The van der Waals surface area contributed by atoms with Gasteiger partial charge in [-0.1, -0.05) is 23.2 Å². The van der Waals surface area contributed by atoms with Gasteiger partial charge in [-0.15, -0.1) is 0 Å². The van der Waals surface area contributed by atoms with E-state index in [0.29, 0.717) is 21.7 Å². The summed E-state index contributed by atoms with van der Waals surface area (Å²) in [6, 6.07) is 5.46. The SMILES string of the molecule is O=C(c1ccc(Cl)cc1Cl)N1CC[C@H](N2CCOCC2)C1. The van der Waals surface area contributed by atoms with Gasteiger partial charge in [-0.3, -0.25) is 9.69 Å². The minimum atomic E-state index is -0.00701. The van der Waals surface area contributed by atoms with Crippen molar-refractivity contribution in [2.75, 3.05) is 39.4 Å². The summed E-state index contributed by atoms with van der Waals surface area (Å²) in [5, 5.41) is 0.964. The third-order valence-electron chi connectivity index (χ3n) is 4.17. The second-order valence-electron chi connectivity index (χ2n) is 5.47. The van der Waals surface area contributed by atoms with E-state index < -0.39 is 0 Å². The van der Waals surface area contributed by atoms with Gasteiger partial charge in [0.15, 0.2) is 0 Å². The third-order valence-corrected chi connectivity index (χ3v) is 4.72. The quantitative estimate of drug-likeness (QED) is 0.836. The third kappa shape index (κ3) is 3.34. The van der Waals surface area contributed by atoms with Crippen molar-refractivity contribution in [3.05, 3.63) is 33.8 Å². The molecule has 0 saturated carbocycles. The predicted octanol–water partition coefficient (Wildman–Crippen LogP) is 2.54. The van der Waals surface area contributed by atoms with Crippen LogP contribution in [0.3, 0.4) is 0 Å². The lowest BCUT2D eigenvalue weighted by molar-refractivity contribution is 0.0185. The number of ether oxygens (including phenoxy) is 1. The number of rotatable bonds is 2. The van der Waals surface area contributed by atoms with E-state index in [9.17, 15) is 4.79 Å². The highest BCUT2D eigenvalue weighted by Gasteiger charge is 2.32. The van der Waals surface area contributed by atoms with Gasteiger partial charge < -0.3 is 9.64 Å². The number of carbonyl (C=O) groups excluding carboxylic acids is 1. The zero-order valence-corrected chi connectivity index (χ0v) is 13.2. The number of likely N-dealkylation sites (tertiary alicyclic amines) is 1. The average molecular weight is 329 g/mol. The first-order valence-corrected chi connectivity index (χ1v) is 7.97. The zero-order chi connectivity index (χ0) is 14.8. The van der Waals surface area contributed by atoms with Crippen molar-refractivity contribution in [1.82, 2.24) is 9.80 Å². The molecule has 2 aliphatic heterocycles. The Labute approximate surface area is 134 Å². The van der Waals surface area contributed by atoms with Crippen molar-refractivity contribution in [3.8, 4) is 0 Å². The van der Waals surface area contributed by atoms with Gasteiger partial charge in [0, 0.05) is 37.2 Å². The fraction of sp³-hybridized carbons (Fsp3) is 0.533. The first-order chi connectivity index (χ1) is 10.1. The Morgan fingerprint density at radius 2 is 1.95 bits per heavy atom. The van der Waals surface area contributed by atoms with Crippen LogP contribution in [0.15, 0.2) is 18.2 Å². The van der Waals surface area contributed by atoms with Crippen LogP contribution in [0.4, 0.5) is 0 Å². The van der Waals surface area contributed by atoms with Gasteiger partial charge in [-0.25, -0.2) is 0 Å². The summed E-state index contributed by atoms with van der Waals surface area (Å²) in [5.74, 6) is -0.00701. The van der Waals surface area contributed by atoms with E-state index in [4.69, 9.17) is 27.9 Å². The van der Waals surface area contributed by atoms with E-state index in [1.165, 1.54) is 0 Å². The molecule has 0 bridgehead atoms. The van der Waals surface area contributed by atoms with Crippen LogP contribution >= 0.6 is 23.2 Å². The number of hydrogen-bond donors (Lipinski definition) is 0. The van der Waals surface area contributed by atoms with Crippen molar-refractivity contribution >= 4 is 29.1 Å². The van der Waals surface area contributed by atoms with Crippen LogP contribution in [0.2, 0.25) is 10.0 Å². The molecule has 114 valence electrons. The maximum absolute atomic E-state index is 12.6. The highest BCUT2D eigenvalue weighted by molar-refractivity contribution is 6.36. The Bertz CT molecular complexity index is 532. The van der Waals surface area contributed by atoms with Gasteiger partial charge in [0.05, 0.1) is 23.8 Å². The van der Waals surface area contributed by atoms with Gasteiger partial charge in [0.2, 0.25) is 0 Å². The molecule has 1 amide bonds. The van der Waals surface area contributed by atoms with Gasteiger partial charge in [-0.05, 0) is 24.6 Å². The molecule has 2 heterocycles. The monoisotopic (exact) mass is 328 g/mol. The maximum Gasteiger partial charge on any atom is 0.255 e. The fourth-order valence-corrected chi connectivity index (χ4v) is 3.49. The lowest BCUT2D eigenvalue weighted by Gasteiger charge is -2.32. The molecule has 2 saturated heterocycles. The van der Waals surface area contributed by atoms with Crippen molar-refractivity contribution in [3.63, 3.8) is 0 Å². The van der Waals surface area contributed by atoms with Gasteiger partial charge in [0.25, 0.3) is 5.91 Å². The molecule has 0 N–H and O–H groups in total. The Hall–Kier alpha value is -0.810. The molecule has 3 rings (SSSR count). The first-order valence-electron chi connectivity index (χ1n) is 7.21. The van der Waals surface area contributed by atoms with E-state index >= 15 is 0 Å². The summed E-state index contributed by atoms with van der Waals surface area (Å²) in [4.78, 5) is 16.9. The van der Waals surface area contributed by atoms with Crippen LogP contribution in [-0.4, -0.2) is 61.1 Å². The number of nitrogens with zero attached hydrogens (tertiary/aromatic N) is 2. The summed E-state index contributed by atoms with van der Waals surface area (Å²) < 4.78 is 5.38. The number of halogens is 2. The largest absolute Gasteiger partial charge is 0.379 e. The maximum atomic E-state index is 12.6. The van der Waals surface area contributed by atoms with E-state index in [1.54, 1.807) is 18.2 Å². The van der Waals surface area contributed by atoms with Crippen LogP contribution in [0.25, 0.3) is 0 Å². The molecule has 2 fully saturated rings. The molecular formula is C15H18Cl2N2O2. The molecular weight excluding hydrogens is 311 g/mol. The Morgan fingerprint density at radius 1 is 1.19 bits per heavy atom. The number of carbonyl (C=O) groups is 1. The summed E-state index contributed by atoms with van der Waals surface area (Å²) in [5.41, 5.74) is 0.531. The first kappa shape index (κ1) is 15.1. The van der Waals surface area contributed by atoms with Crippen molar-refractivity contribution in [1.29, 1.82) is 0 Å². The number of amides is 1. The number of benzene rings is 1. The topological polar surface area (TPSA) is 32.8 Å². The lowest BCUT2D eigenvalue weighted by Crippen LogP contribution is -2.45. The van der Waals surface area contributed by atoms with Crippen LogP contribution in [0, 0.1) is 0 Å². The smallest absolute Gasteiger partial charge is 0.255 e. The summed E-state index contributed by atoms with van der Waals surface area (Å²) in [7, 11) is 0. The molecule has 4 nitrogen and oxygen atoms in total. The molecule has 0 unspecified atom stereocenters. The fourth-order valence-electron chi connectivity index (χ4n) is 3.00. The summed E-state index contributed by atoms with van der Waals surface area (Å²) in [6.07, 6.45) is 1.01. The molecule has 21 heavy (non-hydrogen) atoms. The second-order valence-corrected chi connectivity index (χ2v) is 6.31. The highest BCUT2D eigenvalue weighted by atomic mass is 35.5. The van der Waals surface area contributed by atoms with E-state index in [0.717, 1.165) is 45.8 Å². The normalized spacial score (nSPS) is 23.5. The molecule has 1 aromatic rings. The molecule has 0 aliphatic carbocycles. The average Bonchev–Trinajstić information content (AvgIpc) is 2.97. The minimum absolute atomic E-state index is 0.00701. The van der Waals surface area contributed by atoms with E-state index in [2.05, 4.69) is 4.90 Å². The molecule has 1 atom stereocenters. The molecule has 0 radical (unpaired) electrons. The van der Waals surface area contributed by atoms with Crippen LogP contribution in [-0.2, 0) is 4.74 Å². The Morgan fingerprint density at radius 3 is 2.67 bits per heavy atom. The number of morpholine rings is 1. The highest BCUT2D eigenvalue weighted by Crippen LogP contribution is 2.25. The van der Waals surface area contributed by atoms with Gasteiger partial charge in [0.1, 0.15) is 0 Å². The van der Waals surface area contributed by atoms with Crippen molar-refractivity contribution in [2.45, 2.75) is 12.5 Å². The zero-order valence-electron chi connectivity index (χ0n) is 11.7. The van der Waals surface area contributed by atoms with Crippen LogP contribution < -0.4 is 0 Å². The minimum Gasteiger partial charge on any atom is -0.379 e. The van der Waals surface area contributed by atoms with Crippen molar-refractivity contribution < 1.29 is 9.53 Å². The van der Waals surface area contributed by atoms with Crippen LogP contribution in [0.1, 0.15) is 16.8 Å². The molecule has 0 aromatic heterocycles. The Balaban J connectivity index is 1.66. The molecule has 1 aromatic carbocycles. The molecule has 2 aliphatic rings. The van der Waals surface area contributed by atoms with Gasteiger partial charge >= 0.3 is 0 Å². The molecule has 6 heteroatoms. The molecule has 0 spiro atoms. The predicted molar refractivity (Wildman–Crippen MR) is 83.2 cm³/mol. The van der Waals surface area contributed by atoms with E-state index in [-0.39, 0.29) is 5.91 Å². The van der Waals surface area contributed by atoms with Gasteiger partial charge in [-0.2, -0.15) is 0 Å². The second kappa shape index (κ2) is 6.53. The standard InChI is InChI=1S/C15H18Cl2N2O2/c16-11-1-2-13(14(17)9-11)15(20)19-4-3-12(10-19)18-5-7-21-8-6-18/h1-2,9,12H,3-8,10H2/t12-/m0/s1.